The summed E-state index contributed by atoms with van der Waals surface area (Å²) in [4.78, 5) is 6.30. The molecule has 0 aliphatic carbocycles. The molecule has 22 heavy (non-hydrogen) atoms. The first-order valence-electron chi connectivity index (χ1n) is 7.03. The number of alkyl halides is 1. The molecule has 4 rings (SSSR count). The molecule has 1 aliphatic heterocycles. The third kappa shape index (κ3) is 2.01. The highest BCUT2D eigenvalue weighted by Gasteiger charge is 2.29. The van der Waals surface area contributed by atoms with Crippen molar-refractivity contribution in [2.45, 2.75) is 0 Å². The standard InChI is InChI=1S/C15H13F2N5/c16-7-10-8-21(9-10)14-15-20-19-13(22(15)5-4-18-14)11-2-1-3-12(17)6-11/h1-6,10H,7-9H2. The number of hydrogen-bond donors (Lipinski definition) is 0. The van der Waals surface area contributed by atoms with Crippen LogP contribution in [0.2, 0.25) is 0 Å². The van der Waals surface area contributed by atoms with Crippen LogP contribution in [0.5, 0.6) is 0 Å². The molecule has 7 heteroatoms. The van der Waals surface area contributed by atoms with Crippen LogP contribution >= 0.6 is 0 Å². The molecule has 2 aromatic heterocycles. The number of halogens is 2. The van der Waals surface area contributed by atoms with Crippen LogP contribution in [0.15, 0.2) is 36.7 Å². The quantitative estimate of drug-likeness (QED) is 0.745. The van der Waals surface area contributed by atoms with Crippen LogP contribution in [-0.2, 0) is 0 Å². The van der Waals surface area contributed by atoms with Gasteiger partial charge in [0.2, 0.25) is 5.65 Å². The molecular formula is C15H13F2N5. The number of rotatable bonds is 3. The van der Waals surface area contributed by atoms with Crippen molar-refractivity contribution in [3.8, 4) is 11.4 Å². The summed E-state index contributed by atoms with van der Waals surface area (Å²) < 4.78 is 27.8. The van der Waals surface area contributed by atoms with Gasteiger partial charge in [-0.3, -0.25) is 8.79 Å². The normalized spacial score (nSPS) is 15.3. The molecule has 0 unspecified atom stereocenters. The zero-order chi connectivity index (χ0) is 15.1. The first-order chi connectivity index (χ1) is 10.8. The van der Waals surface area contributed by atoms with E-state index in [2.05, 4.69) is 15.2 Å². The van der Waals surface area contributed by atoms with Crippen LogP contribution in [0.4, 0.5) is 14.6 Å². The van der Waals surface area contributed by atoms with Crippen molar-refractivity contribution >= 4 is 11.5 Å². The minimum Gasteiger partial charge on any atom is -0.353 e. The van der Waals surface area contributed by atoms with Crippen LogP contribution in [-0.4, -0.2) is 39.3 Å². The molecular weight excluding hydrogens is 288 g/mol. The fourth-order valence-corrected chi connectivity index (χ4v) is 2.70. The fourth-order valence-electron chi connectivity index (χ4n) is 2.70. The topological polar surface area (TPSA) is 46.3 Å². The van der Waals surface area contributed by atoms with E-state index >= 15 is 0 Å². The van der Waals surface area contributed by atoms with Gasteiger partial charge in [-0.15, -0.1) is 10.2 Å². The second kappa shape index (κ2) is 5.01. The van der Waals surface area contributed by atoms with Crippen molar-refractivity contribution in [1.29, 1.82) is 0 Å². The van der Waals surface area contributed by atoms with E-state index < -0.39 is 0 Å². The minimum atomic E-state index is -0.322. The minimum absolute atomic E-state index is 0.0627. The van der Waals surface area contributed by atoms with E-state index in [9.17, 15) is 8.78 Å². The van der Waals surface area contributed by atoms with Crippen molar-refractivity contribution in [2.75, 3.05) is 24.7 Å². The molecule has 0 bridgehead atoms. The van der Waals surface area contributed by atoms with Crippen LogP contribution < -0.4 is 4.90 Å². The van der Waals surface area contributed by atoms with Crippen molar-refractivity contribution in [1.82, 2.24) is 19.6 Å². The van der Waals surface area contributed by atoms with Crippen LogP contribution in [0.3, 0.4) is 0 Å². The summed E-state index contributed by atoms with van der Waals surface area (Å²) in [6.45, 7) is 0.942. The molecule has 1 saturated heterocycles. The Labute approximate surface area is 125 Å². The zero-order valence-electron chi connectivity index (χ0n) is 11.7. The van der Waals surface area contributed by atoms with Gasteiger partial charge < -0.3 is 4.90 Å². The summed E-state index contributed by atoms with van der Waals surface area (Å²) in [5, 5.41) is 8.32. The smallest absolute Gasteiger partial charge is 0.204 e. The Morgan fingerprint density at radius 2 is 2.09 bits per heavy atom. The van der Waals surface area contributed by atoms with Crippen molar-refractivity contribution in [3.05, 3.63) is 42.5 Å². The number of aromatic nitrogens is 4. The van der Waals surface area contributed by atoms with Crippen molar-refractivity contribution in [3.63, 3.8) is 0 Å². The molecule has 1 aliphatic rings. The third-order valence-electron chi connectivity index (χ3n) is 3.87. The first-order valence-corrected chi connectivity index (χ1v) is 7.03. The second-order valence-corrected chi connectivity index (χ2v) is 5.40. The molecule has 1 fully saturated rings. The Kier molecular flexibility index (Phi) is 2.99. The van der Waals surface area contributed by atoms with Gasteiger partial charge in [-0.25, -0.2) is 9.37 Å². The van der Waals surface area contributed by atoms with E-state index in [-0.39, 0.29) is 18.4 Å². The lowest BCUT2D eigenvalue weighted by Gasteiger charge is -2.38. The Hall–Kier alpha value is -2.57. The van der Waals surface area contributed by atoms with Gasteiger partial charge in [0.25, 0.3) is 0 Å². The monoisotopic (exact) mass is 301 g/mol. The highest BCUT2D eigenvalue weighted by molar-refractivity contribution is 5.69. The summed E-state index contributed by atoms with van der Waals surface area (Å²) in [6, 6.07) is 6.22. The van der Waals surface area contributed by atoms with E-state index in [1.807, 2.05) is 4.90 Å². The van der Waals surface area contributed by atoms with Crippen molar-refractivity contribution in [2.24, 2.45) is 5.92 Å². The molecule has 0 radical (unpaired) electrons. The summed E-state index contributed by atoms with van der Waals surface area (Å²) >= 11 is 0. The maximum Gasteiger partial charge on any atom is 0.204 e. The number of benzene rings is 1. The SMILES string of the molecule is FCC1CN(c2nccn3c(-c4cccc(F)c4)nnc23)C1. The second-order valence-electron chi connectivity index (χ2n) is 5.40. The van der Waals surface area contributed by atoms with Gasteiger partial charge in [0.05, 0.1) is 6.67 Å². The highest BCUT2D eigenvalue weighted by Crippen LogP contribution is 2.28. The number of fused-ring (bicyclic) bond motifs is 1. The van der Waals surface area contributed by atoms with Crippen LogP contribution in [0, 0.1) is 11.7 Å². The molecule has 0 saturated carbocycles. The molecule has 0 spiro atoms. The Morgan fingerprint density at radius 3 is 2.86 bits per heavy atom. The molecule has 0 amide bonds. The Balaban J connectivity index is 1.77. The highest BCUT2D eigenvalue weighted by atomic mass is 19.1. The van der Waals surface area contributed by atoms with E-state index in [0.29, 0.717) is 35.9 Å². The average molecular weight is 301 g/mol. The number of hydrogen-bond acceptors (Lipinski definition) is 4. The summed E-state index contributed by atoms with van der Waals surface area (Å²) in [7, 11) is 0. The van der Waals surface area contributed by atoms with Gasteiger partial charge in [-0.1, -0.05) is 12.1 Å². The average Bonchev–Trinajstić information content (AvgIpc) is 2.91. The van der Waals surface area contributed by atoms with Crippen molar-refractivity contribution < 1.29 is 8.78 Å². The van der Waals surface area contributed by atoms with E-state index in [0.717, 1.165) is 0 Å². The summed E-state index contributed by atoms with van der Waals surface area (Å²) in [5.74, 6) is 0.979. The first kappa shape index (κ1) is 13.1. The molecule has 5 nitrogen and oxygen atoms in total. The Morgan fingerprint density at radius 1 is 1.23 bits per heavy atom. The number of nitrogens with zero attached hydrogens (tertiary/aromatic N) is 5. The zero-order valence-corrected chi connectivity index (χ0v) is 11.7. The third-order valence-corrected chi connectivity index (χ3v) is 3.87. The lowest BCUT2D eigenvalue weighted by Crippen LogP contribution is -2.48. The summed E-state index contributed by atoms with van der Waals surface area (Å²) in [5.41, 5.74) is 1.24. The predicted molar refractivity (Wildman–Crippen MR) is 77.9 cm³/mol. The van der Waals surface area contributed by atoms with Crippen LogP contribution in [0.1, 0.15) is 0 Å². The molecule has 0 N–H and O–H groups in total. The van der Waals surface area contributed by atoms with Crippen LogP contribution in [0.25, 0.3) is 17.0 Å². The van der Waals surface area contributed by atoms with E-state index in [1.165, 1.54) is 12.1 Å². The van der Waals surface area contributed by atoms with Gasteiger partial charge in [0, 0.05) is 37.0 Å². The maximum atomic E-state index is 13.4. The van der Waals surface area contributed by atoms with Gasteiger partial charge >= 0.3 is 0 Å². The maximum absolute atomic E-state index is 13.4. The number of anilines is 1. The molecule has 3 heterocycles. The van der Waals surface area contributed by atoms with Gasteiger partial charge in [0.15, 0.2) is 11.6 Å². The summed E-state index contributed by atoms with van der Waals surface area (Å²) in [6.07, 6.45) is 3.39. The van der Waals surface area contributed by atoms with E-state index in [1.54, 1.807) is 28.9 Å². The van der Waals surface area contributed by atoms with Gasteiger partial charge in [-0.05, 0) is 12.1 Å². The molecule has 3 aromatic rings. The molecule has 1 aromatic carbocycles. The lowest BCUT2D eigenvalue weighted by molar-refractivity contribution is 0.305. The largest absolute Gasteiger partial charge is 0.353 e. The molecule has 112 valence electrons. The van der Waals surface area contributed by atoms with Gasteiger partial charge in [0.1, 0.15) is 5.82 Å². The van der Waals surface area contributed by atoms with Gasteiger partial charge in [-0.2, -0.15) is 0 Å². The Bertz CT molecular complexity index is 826. The predicted octanol–water partition coefficient (Wildman–Crippen LogP) is 2.34. The van der Waals surface area contributed by atoms with E-state index in [4.69, 9.17) is 0 Å². The fraction of sp³-hybridized carbons (Fsp3) is 0.267. The lowest BCUT2D eigenvalue weighted by atomic mass is 10.0. The molecule has 0 atom stereocenters.